The predicted octanol–water partition coefficient (Wildman–Crippen LogP) is 3.22. The lowest BCUT2D eigenvalue weighted by atomic mass is 9.78. The Morgan fingerprint density at radius 3 is 2.36 bits per heavy atom. The van der Waals surface area contributed by atoms with Crippen molar-refractivity contribution in [2.45, 2.75) is 38.9 Å². The number of rotatable bonds is 4. The molecule has 120 valence electrons. The minimum Gasteiger partial charge on any atom is -0.495 e. The third kappa shape index (κ3) is 3.29. The van der Waals surface area contributed by atoms with Gasteiger partial charge in [0.15, 0.2) is 0 Å². The van der Waals surface area contributed by atoms with Crippen LogP contribution in [0.2, 0.25) is 0 Å². The average Bonchev–Trinajstić information content (AvgIpc) is 2.66. The van der Waals surface area contributed by atoms with Gasteiger partial charge in [0.2, 0.25) is 0 Å². The van der Waals surface area contributed by atoms with E-state index in [4.69, 9.17) is 19.8 Å². The maximum atomic E-state index is 6.07. The molecule has 0 aliphatic carbocycles. The standard InChI is InChI=1S/C16H24BNO3S/c1-15(2)16(3,4)21-17(20-15)12(10-22)8-11-6-7-13(18)14(9-11)19-5/h6-9,22H,10,18H2,1-5H3. The van der Waals surface area contributed by atoms with Crippen LogP contribution in [0.3, 0.4) is 0 Å². The molecule has 1 aliphatic rings. The van der Waals surface area contributed by atoms with Crippen LogP contribution in [0, 0.1) is 0 Å². The second kappa shape index (κ2) is 6.18. The summed E-state index contributed by atoms with van der Waals surface area (Å²) >= 11 is 4.42. The smallest absolute Gasteiger partial charge is 0.491 e. The van der Waals surface area contributed by atoms with Crippen molar-refractivity contribution in [1.29, 1.82) is 0 Å². The summed E-state index contributed by atoms with van der Waals surface area (Å²) in [6.07, 6.45) is 2.01. The van der Waals surface area contributed by atoms with E-state index in [0.717, 1.165) is 11.0 Å². The summed E-state index contributed by atoms with van der Waals surface area (Å²) in [6, 6.07) is 5.65. The fraction of sp³-hybridized carbons (Fsp3) is 0.500. The van der Waals surface area contributed by atoms with Gasteiger partial charge in [0.1, 0.15) is 5.75 Å². The van der Waals surface area contributed by atoms with Crippen LogP contribution >= 0.6 is 12.6 Å². The van der Waals surface area contributed by atoms with E-state index in [1.165, 1.54) is 0 Å². The molecule has 1 aromatic carbocycles. The molecule has 0 unspecified atom stereocenters. The van der Waals surface area contributed by atoms with E-state index in [2.05, 4.69) is 12.6 Å². The van der Waals surface area contributed by atoms with Gasteiger partial charge in [0.05, 0.1) is 24.0 Å². The van der Waals surface area contributed by atoms with Crippen LogP contribution in [-0.4, -0.2) is 31.2 Å². The van der Waals surface area contributed by atoms with Gasteiger partial charge in [0.25, 0.3) is 0 Å². The highest BCUT2D eigenvalue weighted by Crippen LogP contribution is 2.39. The number of methoxy groups -OCH3 is 1. The molecule has 0 spiro atoms. The summed E-state index contributed by atoms with van der Waals surface area (Å²) in [7, 11) is 1.21. The number of ether oxygens (including phenoxy) is 1. The highest BCUT2D eigenvalue weighted by molar-refractivity contribution is 7.80. The van der Waals surface area contributed by atoms with Crippen molar-refractivity contribution in [3.8, 4) is 5.75 Å². The minimum absolute atomic E-state index is 0.363. The van der Waals surface area contributed by atoms with E-state index in [1.807, 2.05) is 52.0 Å². The van der Waals surface area contributed by atoms with Crippen molar-refractivity contribution in [3.63, 3.8) is 0 Å². The molecule has 6 heteroatoms. The first kappa shape index (κ1) is 17.3. The molecule has 4 nitrogen and oxygen atoms in total. The molecule has 0 bridgehead atoms. The van der Waals surface area contributed by atoms with Gasteiger partial charge in [-0.25, -0.2) is 0 Å². The maximum Gasteiger partial charge on any atom is 0.491 e. The topological polar surface area (TPSA) is 53.7 Å². The van der Waals surface area contributed by atoms with Crippen LogP contribution in [0.1, 0.15) is 33.3 Å². The number of hydrogen-bond acceptors (Lipinski definition) is 5. The second-order valence-corrected chi connectivity index (χ2v) is 6.78. The maximum absolute atomic E-state index is 6.07. The van der Waals surface area contributed by atoms with Gasteiger partial charge in [-0.2, -0.15) is 12.6 Å². The number of nitrogen functional groups attached to an aromatic ring is 1. The molecule has 0 aromatic heterocycles. The van der Waals surface area contributed by atoms with E-state index < -0.39 is 7.12 Å². The van der Waals surface area contributed by atoms with E-state index in [9.17, 15) is 0 Å². The molecule has 0 saturated carbocycles. The molecule has 1 heterocycles. The summed E-state index contributed by atoms with van der Waals surface area (Å²) in [5, 5.41) is 0. The largest absolute Gasteiger partial charge is 0.495 e. The monoisotopic (exact) mass is 321 g/mol. The summed E-state index contributed by atoms with van der Waals surface area (Å²) in [5.41, 5.74) is 7.68. The van der Waals surface area contributed by atoms with Crippen molar-refractivity contribution in [3.05, 3.63) is 29.2 Å². The van der Waals surface area contributed by atoms with Gasteiger partial charge in [-0.05, 0) is 50.9 Å². The molecular weight excluding hydrogens is 297 g/mol. The molecule has 0 amide bonds. The molecular formula is C16H24BNO3S. The van der Waals surface area contributed by atoms with Crippen molar-refractivity contribution >= 4 is 31.5 Å². The zero-order valence-corrected chi connectivity index (χ0v) is 14.7. The normalized spacial score (nSPS) is 20.3. The summed E-state index contributed by atoms with van der Waals surface area (Å²) < 4.78 is 17.4. The predicted molar refractivity (Wildman–Crippen MR) is 95.3 cm³/mol. The molecule has 2 N–H and O–H groups in total. The van der Waals surface area contributed by atoms with Crippen LogP contribution < -0.4 is 10.5 Å². The van der Waals surface area contributed by atoms with Crippen molar-refractivity contribution in [2.24, 2.45) is 0 Å². The molecule has 2 rings (SSSR count). The lowest BCUT2D eigenvalue weighted by molar-refractivity contribution is 0.00578. The highest BCUT2D eigenvalue weighted by atomic mass is 32.1. The number of thiol groups is 1. The summed E-state index contributed by atoms with van der Waals surface area (Å²) in [6.45, 7) is 8.15. The fourth-order valence-electron chi connectivity index (χ4n) is 2.21. The van der Waals surface area contributed by atoms with E-state index in [0.29, 0.717) is 17.2 Å². The first-order chi connectivity index (χ1) is 10.2. The fourth-order valence-corrected chi connectivity index (χ4v) is 2.45. The van der Waals surface area contributed by atoms with E-state index >= 15 is 0 Å². The zero-order chi connectivity index (χ0) is 16.5. The SMILES string of the molecule is COc1cc(C=C(CS)B2OC(C)(C)C(C)(C)O2)ccc1N. The van der Waals surface area contributed by atoms with E-state index in [-0.39, 0.29) is 11.2 Å². The van der Waals surface area contributed by atoms with Gasteiger partial charge in [-0.15, -0.1) is 0 Å². The number of benzene rings is 1. The van der Waals surface area contributed by atoms with E-state index in [1.54, 1.807) is 7.11 Å². The molecule has 22 heavy (non-hydrogen) atoms. The Kier molecular flexibility index (Phi) is 4.85. The Morgan fingerprint density at radius 1 is 1.27 bits per heavy atom. The summed E-state index contributed by atoms with van der Waals surface area (Å²) in [5.74, 6) is 1.20. The van der Waals surface area contributed by atoms with Crippen LogP contribution in [0.15, 0.2) is 23.7 Å². The second-order valence-electron chi connectivity index (χ2n) is 6.47. The summed E-state index contributed by atoms with van der Waals surface area (Å²) in [4.78, 5) is 0. The van der Waals surface area contributed by atoms with Gasteiger partial charge in [0, 0.05) is 5.75 Å². The molecule has 1 saturated heterocycles. The number of nitrogens with two attached hydrogens (primary N) is 1. The van der Waals surface area contributed by atoms with Gasteiger partial charge >= 0.3 is 7.12 Å². The first-order valence-corrected chi connectivity index (χ1v) is 7.94. The van der Waals surface area contributed by atoms with Crippen molar-refractivity contribution in [1.82, 2.24) is 0 Å². The van der Waals surface area contributed by atoms with Gasteiger partial charge in [-0.3, -0.25) is 0 Å². The minimum atomic E-state index is -0.397. The zero-order valence-electron chi connectivity index (χ0n) is 13.8. The van der Waals surface area contributed by atoms with Crippen LogP contribution in [0.5, 0.6) is 5.75 Å². The number of anilines is 1. The molecule has 1 aromatic rings. The number of hydrogen-bond donors (Lipinski definition) is 2. The lowest BCUT2D eigenvalue weighted by Gasteiger charge is -2.32. The van der Waals surface area contributed by atoms with Gasteiger partial charge < -0.3 is 19.8 Å². The molecule has 1 fully saturated rings. The van der Waals surface area contributed by atoms with Gasteiger partial charge in [-0.1, -0.05) is 12.1 Å². The third-order valence-corrected chi connectivity index (χ3v) is 4.71. The Hall–Kier alpha value is -1.11. The highest BCUT2D eigenvalue weighted by Gasteiger charge is 2.52. The molecule has 0 radical (unpaired) electrons. The Morgan fingerprint density at radius 2 is 1.86 bits per heavy atom. The van der Waals surface area contributed by atoms with Crippen molar-refractivity contribution in [2.75, 3.05) is 18.6 Å². The Labute approximate surface area is 138 Å². The van der Waals surface area contributed by atoms with Crippen LogP contribution in [-0.2, 0) is 9.31 Å². The Balaban J connectivity index is 2.29. The Bertz CT molecular complexity index is 571. The quantitative estimate of drug-likeness (QED) is 0.508. The molecule has 1 aliphatic heterocycles. The van der Waals surface area contributed by atoms with Crippen LogP contribution in [0.25, 0.3) is 6.08 Å². The third-order valence-electron chi connectivity index (χ3n) is 4.35. The average molecular weight is 321 g/mol. The van der Waals surface area contributed by atoms with Crippen LogP contribution in [0.4, 0.5) is 5.69 Å². The first-order valence-electron chi connectivity index (χ1n) is 7.30. The van der Waals surface area contributed by atoms with Crippen molar-refractivity contribution < 1.29 is 14.0 Å². The lowest BCUT2D eigenvalue weighted by Crippen LogP contribution is -2.41. The molecule has 0 atom stereocenters.